The SMILES string of the molecule is CC(=O)Nc1cccc(C(=O)N2CCC3(CC2)N=C(c2ccc(C)cc2)NO3)c1. The van der Waals surface area contributed by atoms with E-state index in [0.29, 0.717) is 37.2 Å². The fourth-order valence-corrected chi connectivity index (χ4v) is 3.62. The zero-order valence-electron chi connectivity index (χ0n) is 16.6. The van der Waals surface area contributed by atoms with Crippen molar-refractivity contribution in [1.29, 1.82) is 0 Å². The molecule has 0 unspecified atom stereocenters. The Morgan fingerprint density at radius 1 is 1.14 bits per heavy atom. The summed E-state index contributed by atoms with van der Waals surface area (Å²) < 4.78 is 0. The second-order valence-electron chi connectivity index (χ2n) is 7.53. The zero-order chi connectivity index (χ0) is 20.4. The molecule has 0 aromatic heterocycles. The highest BCUT2D eigenvalue weighted by atomic mass is 16.7. The van der Waals surface area contributed by atoms with E-state index in [1.165, 1.54) is 12.5 Å². The molecule has 4 rings (SSSR count). The first kappa shape index (κ1) is 19.1. The van der Waals surface area contributed by atoms with Crippen LogP contribution in [0.5, 0.6) is 0 Å². The van der Waals surface area contributed by atoms with Gasteiger partial charge in [-0.25, -0.2) is 15.3 Å². The maximum absolute atomic E-state index is 12.9. The van der Waals surface area contributed by atoms with Crippen LogP contribution in [0.2, 0.25) is 0 Å². The lowest BCUT2D eigenvalue weighted by molar-refractivity contribution is -0.114. The zero-order valence-corrected chi connectivity index (χ0v) is 16.6. The van der Waals surface area contributed by atoms with Crippen molar-refractivity contribution in [3.63, 3.8) is 0 Å². The van der Waals surface area contributed by atoms with Gasteiger partial charge in [-0.15, -0.1) is 0 Å². The van der Waals surface area contributed by atoms with Gasteiger partial charge in [0.05, 0.1) is 0 Å². The lowest BCUT2D eigenvalue weighted by Crippen LogP contribution is -2.46. The number of amides is 2. The summed E-state index contributed by atoms with van der Waals surface area (Å²) in [6.45, 7) is 4.59. The molecule has 2 amide bonds. The molecule has 7 heteroatoms. The fraction of sp³-hybridized carbons (Fsp3) is 0.318. The van der Waals surface area contributed by atoms with Gasteiger partial charge in [-0.2, -0.15) is 0 Å². The van der Waals surface area contributed by atoms with Crippen molar-refractivity contribution in [2.45, 2.75) is 32.4 Å². The number of hydroxylamine groups is 1. The van der Waals surface area contributed by atoms with Gasteiger partial charge in [0.25, 0.3) is 5.91 Å². The van der Waals surface area contributed by atoms with Gasteiger partial charge in [-0.05, 0) is 25.1 Å². The minimum Gasteiger partial charge on any atom is -0.338 e. The quantitative estimate of drug-likeness (QED) is 0.841. The second-order valence-corrected chi connectivity index (χ2v) is 7.53. The third-order valence-corrected chi connectivity index (χ3v) is 5.24. The molecule has 1 fully saturated rings. The number of carbonyl (C=O) groups excluding carboxylic acids is 2. The summed E-state index contributed by atoms with van der Waals surface area (Å²) in [5, 5.41) is 2.71. The van der Waals surface area contributed by atoms with Gasteiger partial charge < -0.3 is 10.2 Å². The predicted octanol–water partition coefficient (Wildman–Crippen LogP) is 2.87. The molecule has 0 atom stereocenters. The maximum Gasteiger partial charge on any atom is 0.253 e. The number of hydrogen-bond donors (Lipinski definition) is 2. The molecule has 2 heterocycles. The fourth-order valence-electron chi connectivity index (χ4n) is 3.62. The van der Waals surface area contributed by atoms with Crippen molar-refractivity contribution in [2.24, 2.45) is 4.99 Å². The Kier molecular flexibility index (Phi) is 5.07. The first-order valence-electron chi connectivity index (χ1n) is 9.72. The third kappa shape index (κ3) is 4.14. The molecule has 2 aromatic rings. The number of likely N-dealkylation sites (tertiary alicyclic amines) is 1. The Morgan fingerprint density at radius 2 is 1.86 bits per heavy atom. The highest BCUT2D eigenvalue weighted by Crippen LogP contribution is 2.31. The van der Waals surface area contributed by atoms with Gasteiger partial charge in [0.15, 0.2) is 11.6 Å². The number of amidine groups is 1. The number of hydrogen-bond acceptors (Lipinski definition) is 5. The van der Waals surface area contributed by atoms with Crippen molar-refractivity contribution < 1.29 is 14.4 Å². The van der Waals surface area contributed by atoms with Crippen molar-refractivity contribution in [2.75, 3.05) is 18.4 Å². The van der Waals surface area contributed by atoms with Crippen LogP contribution in [0.1, 0.15) is 41.3 Å². The van der Waals surface area contributed by atoms with Gasteiger partial charge in [0.2, 0.25) is 5.91 Å². The molecule has 2 N–H and O–H groups in total. The number of piperidine rings is 1. The molecule has 2 aliphatic heterocycles. The minimum absolute atomic E-state index is 0.0549. The summed E-state index contributed by atoms with van der Waals surface area (Å²) in [6.07, 6.45) is 1.24. The van der Waals surface area contributed by atoms with E-state index < -0.39 is 5.72 Å². The Balaban J connectivity index is 1.42. The Labute approximate surface area is 169 Å². The molecule has 29 heavy (non-hydrogen) atoms. The molecule has 2 aromatic carbocycles. The molecular weight excluding hydrogens is 368 g/mol. The average molecular weight is 392 g/mol. The lowest BCUT2D eigenvalue weighted by Gasteiger charge is -2.35. The van der Waals surface area contributed by atoms with Crippen LogP contribution < -0.4 is 10.8 Å². The number of aryl methyl sites for hydroxylation is 1. The van der Waals surface area contributed by atoms with Crippen LogP contribution in [0, 0.1) is 6.92 Å². The van der Waals surface area contributed by atoms with E-state index in [-0.39, 0.29) is 11.8 Å². The molecular formula is C22H24N4O3. The molecule has 1 saturated heterocycles. The van der Waals surface area contributed by atoms with E-state index in [1.807, 2.05) is 31.2 Å². The Bertz CT molecular complexity index is 960. The summed E-state index contributed by atoms with van der Waals surface area (Å²) in [5.74, 6) is 0.510. The molecule has 0 bridgehead atoms. The van der Waals surface area contributed by atoms with Crippen molar-refractivity contribution in [3.8, 4) is 0 Å². The molecule has 2 aliphatic rings. The topological polar surface area (TPSA) is 83.0 Å². The lowest BCUT2D eigenvalue weighted by atomic mass is 10.00. The highest BCUT2D eigenvalue weighted by Gasteiger charge is 2.41. The first-order chi connectivity index (χ1) is 13.9. The normalized spacial score (nSPS) is 17.6. The number of nitrogens with one attached hydrogen (secondary N) is 2. The van der Waals surface area contributed by atoms with Crippen LogP contribution in [0.25, 0.3) is 0 Å². The van der Waals surface area contributed by atoms with Crippen LogP contribution in [-0.2, 0) is 9.63 Å². The van der Waals surface area contributed by atoms with E-state index in [9.17, 15) is 9.59 Å². The smallest absolute Gasteiger partial charge is 0.253 e. The van der Waals surface area contributed by atoms with E-state index in [0.717, 1.165) is 11.4 Å². The predicted molar refractivity (Wildman–Crippen MR) is 111 cm³/mol. The molecule has 0 saturated carbocycles. The standard InChI is InChI=1S/C22H24N4O3/c1-15-6-8-17(9-7-15)20-24-22(29-25-20)10-12-26(13-11-22)21(28)18-4-3-5-19(14-18)23-16(2)27/h3-9,14H,10-13H2,1-2H3,(H,23,27)(H,24,25). The van der Waals surface area contributed by atoms with E-state index in [4.69, 9.17) is 9.83 Å². The van der Waals surface area contributed by atoms with Gasteiger partial charge in [-0.1, -0.05) is 35.9 Å². The van der Waals surface area contributed by atoms with Crippen LogP contribution >= 0.6 is 0 Å². The Hall–Kier alpha value is -3.19. The number of aliphatic imine (C=N–C) groups is 1. The third-order valence-electron chi connectivity index (χ3n) is 5.24. The maximum atomic E-state index is 12.9. The monoisotopic (exact) mass is 392 g/mol. The second kappa shape index (κ2) is 7.67. The minimum atomic E-state index is -0.630. The van der Waals surface area contributed by atoms with Crippen molar-refractivity contribution >= 4 is 23.3 Å². The highest BCUT2D eigenvalue weighted by molar-refractivity contribution is 5.99. The number of anilines is 1. The molecule has 150 valence electrons. The summed E-state index contributed by atoms with van der Waals surface area (Å²) in [7, 11) is 0. The van der Waals surface area contributed by atoms with E-state index >= 15 is 0 Å². The van der Waals surface area contributed by atoms with Gasteiger partial charge in [0, 0.05) is 49.7 Å². The number of carbonyl (C=O) groups is 2. The van der Waals surface area contributed by atoms with Crippen LogP contribution in [-0.4, -0.2) is 41.4 Å². The number of benzene rings is 2. The van der Waals surface area contributed by atoms with Crippen LogP contribution in [0.15, 0.2) is 53.5 Å². The summed E-state index contributed by atoms with van der Waals surface area (Å²) in [6, 6.07) is 15.1. The molecule has 0 radical (unpaired) electrons. The number of nitrogens with zero attached hydrogens (tertiary/aromatic N) is 2. The van der Waals surface area contributed by atoms with Gasteiger partial charge in [0.1, 0.15) is 0 Å². The molecule has 1 spiro atoms. The average Bonchev–Trinajstić information content (AvgIpc) is 3.12. The van der Waals surface area contributed by atoms with E-state index in [1.54, 1.807) is 29.2 Å². The summed E-state index contributed by atoms with van der Waals surface area (Å²) in [5.41, 5.74) is 5.68. The largest absolute Gasteiger partial charge is 0.338 e. The summed E-state index contributed by atoms with van der Waals surface area (Å²) >= 11 is 0. The van der Waals surface area contributed by atoms with Crippen LogP contribution in [0.3, 0.4) is 0 Å². The molecule has 7 nitrogen and oxygen atoms in total. The van der Waals surface area contributed by atoms with Gasteiger partial charge >= 0.3 is 0 Å². The van der Waals surface area contributed by atoms with Crippen molar-refractivity contribution in [3.05, 3.63) is 65.2 Å². The van der Waals surface area contributed by atoms with E-state index in [2.05, 4.69) is 10.8 Å². The Morgan fingerprint density at radius 3 is 2.55 bits per heavy atom. The molecule has 0 aliphatic carbocycles. The van der Waals surface area contributed by atoms with Crippen LogP contribution in [0.4, 0.5) is 5.69 Å². The first-order valence-corrected chi connectivity index (χ1v) is 9.72. The summed E-state index contributed by atoms with van der Waals surface area (Å²) in [4.78, 5) is 36.6. The number of rotatable bonds is 3. The van der Waals surface area contributed by atoms with Crippen molar-refractivity contribution in [1.82, 2.24) is 10.4 Å². The van der Waals surface area contributed by atoms with Gasteiger partial charge in [-0.3, -0.25) is 9.59 Å².